The minimum absolute atomic E-state index is 0.150. The number of piperidine rings is 1. The van der Waals surface area contributed by atoms with Crippen molar-refractivity contribution in [3.05, 3.63) is 29.8 Å². The number of likely N-dealkylation sites (N-methyl/N-ethyl adjacent to an activating group) is 1. The summed E-state index contributed by atoms with van der Waals surface area (Å²) >= 11 is 0. The summed E-state index contributed by atoms with van der Waals surface area (Å²) in [6.07, 6.45) is 1.11. The van der Waals surface area contributed by atoms with Crippen molar-refractivity contribution in [1.29, 1.82) is 0 Å². The van der Waals surface area contributed by atoms with Crippen LogP contribution in [0.25, 0.3) is 0 Å². The lowest BCUT2D eigenvalue weighted by Gasteiger charge is -2.36. The van der Waals surface area contributed by atoms with E-state index in [2.05, 4.69) is 11.9 Å². The molecule has 6 heteroatoms. The molecule has 22 heavy (non-hydrogen) atoms. The van der Waals surface area contributed by atoms with E-state index in [0.717, 1.165) is 38.1 Å². The van der Waals surface area contributed by atoms with Crippen LogP contribution in [0, 0.1) is 11.6 Å². The first kappa shape index (κ1) is 16.7. The van der Waals surface area contributed by atoms with Gasteiger partial charge < -0.3 is 14.5 Å². The SMILES string of the molecule is C[C@H](Oc1ccc(F)c(F)c1)C(=O)N(C)C1CCN(C)CC1. The number of hydrogen-bond acceptors (Lipinski definition) is 3. The zero-order valence-electron chi connectivity index (χ0n) is 13.2. The number of carbonyl (C=O) groups excluding carboxylic acids is 1. The molecule has 1 fully saturated rings. The Labute approximate surface area is 129 Å². The lowest BCUT2D eigenvalue weighted by molar-refractivity contribution is -0.139. The average Bonchev–Trinajstić information content (AvgIpc) is 2.50. The smallest absolute Gasteiger partial charge is 0.263 e. The Morgan fingerprint density at radius 1 is 1.32 bits per heavy atom. The molecule has 122 valence electrons. The van der Waals surface area contributed by atoms with Crippen molar-refractivity contribution in [3.8, 4) is 5.75 Å². The van der Waals surface area contributed by atoms with E-state index < -0.39 is 17.7 Å². The first-order chi connectivity index (χ1) is 10.4. The van der Waals surface area contributed by atoms with Crippen molar-refractivity contribution in [2.75, 3.05) is 27.2 Å². The van der Waals surface area contributed by atoms with Gasteiger partial charge in [0.15, 0.2) is 17.7 Å². The summed E-state index contributed by atoms with van der Waals surface area (Å²) in [5.74, 6) is -1.92. The minimum atomic E-state index is -0.985. The molecular weight excluding hydrogens is 290 g/mol. The molecular formula is C16H22F2N2O2. The summed E-state index contributed by atoms with van der Waals surface area (Å²) in [5.41, 5.74) is 0. The van der Waals surface area contributed by atoms with Crippen LogP contribution in [-0.4, -0.2) is 55.0 Å². The molecule has 0 bridgehead atoms. The highest BCUT2D eigenvalue weighted by Gasteiger charge is 2.27. The van der Waals surface area contributed by atoms with E-state index in [9.17, 15) is 13.6 Å². The van der Waals surface area contributed by atoms with Gasteiger partial charge in [-0.15, -0.1) is 0 Å². The molecule has 1 saturated heterocycles. The molecule has 0 radical (unpaired) electrons. The molecule has 1 amide bonds. The van der Waals surface area contributed by atoms with E-state index in [1.165, 1.54) is 6.07 Å². The second-order valence-corrected chi connectivity index (χ2v) is 5.82. The summed E-state index contributed by atoms with van der Waals surface area (Å²) in [5, 5.41) is 0. The molecule has 0 aliphatic carbocycles. The fourth-order valence-corrected chi connectivity index (χ4v) is 2.65. The number of nitrogens with zero attached hydrogens (tertiary/aromatic N) is 2. The maximum atomic E-state index is 13.2. The number of ether oxygens (including phenoxy) is 1. The Kier molecular flexibility index (Phi) is 5.34. The van der Waals surface area contributed by atoms with Crippen molar-refractivity contribution < 1.29 is 18.3 Å². The molecule has 2 rings (SSSR count). The highest BCUT2D eigenvalue weighted by Crippen LogP contribution is 2.19. The third kappa shape index (κ3) is 3.94. The van der Waals surface area contributed by atoms with Gasteiger partial charge in [-0.2, -0.15) is 0 Å². The first-order valence-electron chi connectivity index (χ1n) is 7.45. The molecule has 0 N–H and O–H groups in total. The van der Waals surface area contributed by atoms with Crippen LogP contribution in [0.15, 0.2) is 18.2 Å². The zero-order chi connectivity index (χ0) is 16.3. The molecule has 1 aromatic carbocycles. The van der Waals surface area contributed by atoms with Crippen LogP contribution in [0.4, 0.5) is 8.78 Å². The topological polar surface area (TPSA) is 32.8 Å². The number of hydrogen-bond donors (Lipinski definition) is 0. The van der Waals surface area contributed by atoms with E-state index in [1.807, 2.05) is 0 Å². The molecule has 0 aromatic heterocycles. The average molecular weight is 312 g/mol. The van der Waals surface area contributed by atoms with Crippen molar-refractivity contribution >= 4 is 5.91 Å². The predicted molar refractivity (Wildman–Crippen MR) is 79.7 cm³/mol. The summed E-state index contributed by atoms with van der Waals surface area (Å²) < 4.78 is 31.5. The fraction of sp³-hybridized carbons (Fsp3) is 0.562. The Morgan fingerprint density at radius 3 is 2.55 bits per heavy atom. The van der Waals surface area contributed by atoms with E-state index in [-0.39, 0.29) is 17.7 Å². The summed E-state index contributed by atoms with van der Waals surface area (Å²) in [6.45, 7) is 3.54. The predicted octanol–water partition coefficient (Wildman–Crippen LogP) is 2.28. The van der Waals surface area contributed by atoms with Gasteiger partial charge >= 0.3 is 0 Å². The van der Waals surface area contributed by atoms with Crippen LogP contribution in [0.3, 0.4) is 0 Å². The van der Waals surface area contributed by atoms with E-state index in [0.29, 0.717) is 0 Å². The summed E-state index contributed by atoms with van der Waals surface area (Å²) in [4.78, 5) is 16.3. The monoisotopic (exact) mass is 312 g/mol. The van der Waals surface area contributed by atoms with Gasteiger partial charge in [0.2, 0.25) is 0 Å². The van der Waals surface area contributed by atoms with Gasteiger partial charge in [0.25, 0.3) is 5.91 Å². The molecule has 4 nitrogen and oxygen atoms in total. The lowest BCUT2D eigenvalue weighted by Crippen LogP contribution is -2.48. The maximum Gasteiger partial charge on any atom is 0.263 e. The first-order valence-corrected chi connectivity index (χ1v) is 7.45. The van der Waals surface area contributed by atoms with Crippen LogP contribution in [0.5, 0.6) is 5.75 Å². The van der Waals surface area contributed by atoms with Crippen LogP contribution < -0.4 is 4.74 Å². The van der Waals surface area contributed by atoms with Crippen molar-refractivity contribution in [2.45, 2.75) is 31.9 Å². The molecule has 1 atom stereocenters. The number of likely N-dealkylation sites (tertiary alicyclic amines) is 1. The molecule has 1 aliphatic rings. The van der Waals surface area contributed by atoms with E-state index >= 15 is 0 Å². The van der Waals surface area contributed by atoms with E-state index in [4.69, 9.17) is 4.74 Å². The largest absolute Gasteiger partial charge is 0.481 e. The van der Waals surface area contributed by atoms with Crippen molar-refractivity contribution in [2.24, 2.45) is 0 Å². The Bertz CT molecular complexity index is 531. The highest BCUT2D eigenvalue weighted by molar-refractivity contribution is 5.81. The molecule has 0 unspecified atom stereocenters. The highest BCUT2D eigenvalue weighted by atomic mass is 19.2. The number of halogens is 2. The number of benzene rings is 1. The minimum Gasteiger partial charge on any atom is -0.481 e. The zero-order valence-corrected chi connectivity index (χ0v) is 13.2. The van der Waals surface area contributed by atoms with Crippen LogP contribution in [0.2, 0.25) is 0 Å². The van der Waals surface area contributed by atoms with Gasteiger partial charge in [0, 0.05) is 19.2 Å². The standard InChI is InChI=1S/C16H22F2N2O2/c1-11(22-13-4-5-14(17)15(18)10-13)16(21)20(3)12-6-8-19(2)9-7-12/h4-5,10-12H,6-9H2,1-3H3/t11-/m0/s1. The van der Waals surface area contributed by atoms with Gasteiger partial charge in [0.05, 0.1) is 0 Å². The Morgan fingerprint density at radius 2 is 1.95 bits per heavy atom. The number of rotatable bonds is 4. The lowest BCUT2D eigenvalue weighted by atomic mass is 10.0. The van der Waals surface area contributed by atoms with Crippen LogP contribution >= 0.6 is 0 Å². The van der Waals surface area contributed by atoms with Gasteiger partial charge in [-0.25, -0.2) is 8.78 Å². The van der Waals surface area contributed by atoms with Crippen molar-refractivity contribution in [3.63, 3.8) is 0 Å². The second kappa shape index (κ2) is 7.05. The maximum absolute atomic E-state index is 13.2. The van der Waals surface area contributed by atoms with Crippen LogP contribution in [-0.2, 0) is 4.79 Å². The molecule has 1 aromatic rings. The quantitative estimate of drug-likeness (QED) is 0.855. The van der Waals surface area contributed by atoms with Crippen molar-refractivity contribution in [1.82, 2.24) is 9.80 Å². The van der Waals surface area contributed by atoms with Crippen LogP contribution in [0.1, 0.15) is 19.8 Å². The third-order valence-corrected chi connectivity index (χ3v) is 4.14. The molecule has 1 heterocycles. The van der Waals surface area contributed by atoms with Gasteiger partial charge in [-0.3, -0.25) is 4.79 Å². The normalized spacial score (nSPS) is 18.0. The van der Waals surface area contributed by atoms with Gasteiger partial charge in [0.1, 0.15) is 5.75 Å². The molecule has 1 aliphatic heterocycles. The molecule has 0 spiro atoms. The Balaban J connectivity index is 1.94. The fourth-order valence-electron chi connectivity index (χ4n) is 2.65. The summed E-state index contributed by atoms with van der Waals surface area (Å²) in [7, 11) is 3.83. The van der Waals surface area contributed by atoms with Gasteiger partial charge in [-0.05, 0) is 52.0 Å². The van der Waals surface area contributed by atoms with E-state index in [1.54, 1.807) is 18.9 Å². The third-order valence-electron chi connectivity index (χ3n) is 4.14. The molecule has 0 saturated carbocycles. The Hall–Kier alpha value is -1.69. The number of carbonyl (C=O) groups is 1. The number of amides is 1. The summed E-state index contributed by atoms with van der Waals surface area (Å²) in [6, 6.07) is 3.45. The van der Waals surface area contributed by atoms with Gasteiger partial charge in [-0.1, -0.05) is 0 Å². The second-order valence-electron chi connectivity index (χ2n) is 5.82.